The summed E-state index contributed by atoms with van der Waals surface area (Å²) in [5, 5.41) is 0. The monoisotopic (exact) mass is 427 g/mol. The van der Waals surface area contributed by atoms with Gasteiger partial charge < -0.3 is 4.90 Å². The molecule has 0 unspecified atom stereocenters. The summed E-state index contributed by atoms with van der Waals surface area (Å²) in [6.07, 6.45) is 4.08. The molecule has 2 aliphatic rings. The van der Waals surface area contributed by atoms with E-state index in [1.54, 1.807) is 0 Å². The van der Waals surface area contributed by atoms with Crippen LogP contribution in [0.1, 0.15) is 37.7 Å². The van der Waals surface area contributed by atoms with Crippen molar-refractivity contribution in [1.29, 1.82) is 0 Å². The summed E-state index contributed by atoms with van der Waals surface area (Å²) in [5.41, 5.74) is 2.45. The number of anilines is 2. The number of imide groups is 1. The lowest BCUT2D eigenvalue weighted by atomic mass is 10.1. The maximum atomic E-state index is 12.6. The fourth-order valence-corrected chi connectivity index (χ4v) is 4.90. The highest BCUT2D eigenvalue weighted by Crippen LogP contribution is 2.24. The molecule has 0 aliphatic carbocycles. The maximum absolute atomic E-state index is 12.6. The Morgan fingerprint density at radius 2 is 1.33 bits per heavy atom. The molecule has 2 heterocycles. The topological polar surface area (TPSA) is 86.8 Å². The third-order valence-corrected chi connectivity index (χ3v) is 7.00. The first-order valence-corrected chi connectivity index (χ1v) is 11.7. The molecule has 4 rings (SSSR count). The standard InChI is InChI=1S/C22H25N3O4S/c26-21-12-13-22(27)25(21)19-8-10-20(11-9-19)30(28,29)23-16-17-4-6-18(7-5-17)24-14-2-1-3-15-24/h4-11,23H,1-3,12-16H2. The second-order valence-corrected chi connectivity index (χ2v) is 9.42. The molecule has 0 saturated carbocycles. The number of hydrogen-bond acceptors (Lipinski definition) is 5. The van der Waals surface area contributed by atoms with Crippen LogP contribution in [0.15, 0.2) is 53.4 Å². The van der Waals surface area contributed by atoms with Gasteiger partial charge in [-0.15, -0.1) is 0 Å². The lowest BCUT2D eigenvalue weighted by molar-refractivity contribution is -0.121. The van der Waals surface area contributed by atoms with Gasteiger partial charge in [-0.1, -0.05) is 12.1 Å². The molecule has 2 amide bonds. The summed E-state index contributed by atoms with van der Waals surface area (Å²) in [5.74, 6) is -0.525. The van der Waals surface area contributed by atoms with E-state index in [1.165, 1.54) is 49.2 Å². The maximum Gasteiger partial charge on any atom is 0.240 e. The molecule has 158 valence electrons. The van der Waals surface area contributed by atoms with E-state index in [0.29, 0.717) is 5.69 Å². The largest absolute Gasteiger partial charge is 0.372 e. The number of sulfonamides is 1. The number of carbonyl (C=O) groups excluding carboxylic acids is 2. The summed E-state index contributed by atoms with van der Waals surface area (Å²) in [4.78, 5) is 27.2. The van der Waals surface area contributed by atoms with E-state index >= 15 is 0 Å². The Kier molecular flexibility index (Phi) is 5.87. The number of hydrogen-bond donors (Lipinski definition) is 1. The molecular formula is C22H25N3O4S. The minimum absolute atomic E-state index is 0.0929. The highest BCUT2D eigenvalue weighted by Gasteiger charge is 2.30. The van der Waals surface area contributed by atoms with Crippen LogP contribution in [0.3, 0.4) is 0 Å². The fraction of sp³-hybridized carbons (Fsp3) is 0.364. The zero-order chi connectivity index (χ0) is 21.1. The van der Waals surface area contributed by atoms with E-state index in [1.807, 2.05) is 24.3 Å². The van der Waals surface area contributed by atoms with E-state index in [2.05, 4.69) is 9.62 Å². The predicted molar refractivity (Wildman–Crippen MR) is 115 cm³/mol. The molecule has 7 nitrogen and oxygen atoms in total. The Hall–Kier alpha value is -2.71. The van der Waals surface area contributed by atoms with Gasteiger partial charge in [0.15, 0.2) is 0 Å². The molecule has 30 heavy (non-hydrogen) atoms. The van der Waals surface area contributed by atoms with Crippen molar-refractivity contribution < 1.29 is 18.0 Å². The second-order valence-electron chi connectivity index (χ2n) is 7.66. The van der Waals surface area contributed by atoms with Crippen LogP contribution in [0.4, 0.5) is 11.4 Å². The Labute approximate surface area is 176 Å². The number of piperidine rings is 1. The molecule has 0 radical (unpaired) electrons. The second kappa shape index (κ2) is 8.57. The smallest absolute Gasteiger partial charge is 0.240 e. The van der Waals surface area contributed by atoms with Crippen LogP contribution >= 0.6 is 0 Å². The van der Waals surface area contributed by atoms with Crippen LogP contribution in [-0.2, 0) is 26.2 Å². The molecule has 2 aromatic rings. The summed E-state index contributed by atoms with van der Waals surface area (Å²) in [6.45, 7) is 2.32. The first-order valence-electron chi connectivity index (χ1n) is 10.2. The molecule has 2 aromatic carbocycles. The first-order chi connectivity index (χ1) is 14.4. The van der Waals surface area contributed by atoms with Crippen molar-refractivity contribution in [2.45, 2.75) is 43.5 Å². The summed E-state index contributed by atoms with van der Waals surface area (Å²) in [6, 6.07) is 13.8. The van der Waals surface area contributed by atoms with Gasteiger partial charge in [-0.3, -0.25) is 14.5 Å². The molecule has 2 saturated heterocycles. The van der Waals surface area contributed by atoms with E-state index in [9.17, 15) is 18.0 Å². The van der Waals surface area contributed by atoms with Crippen LogP contribution in [-0.4, -0.2) is 33.3 Å². The highest BCUT2D eigenvalue weighted by molar-refractivity contribution is 7.89. The third kappa shape index (κ3) is 4.39. The van der Waals surface area contributed by atoms with Gasteiger partial charge in [0, 0.05) is 38.2 Å². The molecular weight excluding hydrogens is 402 g/mol. The Morgan fingerprint density at radius 1 is 0.767 bits per heavy atom. The minimum Gasteiger partial charge on any atom is -0.372 e. The molecule has 0 atom stereocenters. The number of rotatable bonds is 6. The van der Waals surface area contributed by atoms with Crippen LogP contribution < -0.4 is 14.5 Å². The Morgan fingerprint density at radius 3 is 1.93 bits per heavy atom. The highest BCUT2D eigenvalue weighted by atomic mass is 32.2. The lowest BCUT2D eigenvalue weighted by Crippen LogP contribution is -2.29. The summed E-state index contributed by atoms with van der Waals surface area (Å²) >= 11 is 0. The van der Waals surface area contributed by atoms with E-state index in [0.717, 1.165) is 23.6 Å². The zero-order valence-electron chi connectivity index (χ0n) is 16.7. The van der Waals surface area contributed by atoms with Gasteiger partial charge in [-0.2, -0.15) is 0 Å². The Balaban J connectivity index is 1.39. The first kappa shape index (κ1) is 20.6. The molecule has 0 aromatic heterocycles. The van der Waals surface area contributed by atoms with Crippen molar-refractivity contribution in [1.82, 2.24) is 4.72 Å². The normalized spacial score (nSPS) is 17.6. The molecule has 0 spiro atoms. The van der Waals surface area contributed by atoms with E-state index in [-0.39, 0.29) is 36.1 Å². The van der Waals surface area contributed by atoms with Gasteiger partial charge in [-0.05, 0) is 61.2 Å². The van der Waals surface area contributed by atoms with Crippen LogP contribution in [0.5, 0.6) is 0 Å². The average molecular weight is 428 g/mol. The average Bonchev–Trinajstić information content (AvgIpc) is 3.11. The minimum atomic E-state index is -3.71. The predicted octanol–water partition coefficient (Wildman–Crippen LogP) is 2.81. The molecule has 2 fully saturated rings. The SMILES string of the molecule is O=C1CCC(=O)N1c1ccc(S(=O)(=O)NCc2ccc(N3CCCCC3)cc2)cc1. The van der Waals surface area contributed by atoms with Gasteiger partial charge in [0.1, 0.15) is 0 Å². The number of carbonyl (C=O) groups is 2. The lowest BCUT2D eigenvalue weighted by Gasteiger charge is -2.28. The molecule has 0 bridgehead atoms. The number of nitrogens with zero attached hydrogens (tertiary/aromatic N) is 2. The number of benzene rings is 2. The van der Waals surface area contributed by atoms with E-state index < -0.39 is 10.0 Å². The van der Waals surface area contributed by atoms with Crippen LogP contribution in [0, 0.1) is 0 Å². The molecule has 1 N–H and O–H groups in total. The van der Waals surface area contributed by atoms with Gasteiger partial charge in [0.25, 0.3) is 0 Å². The van der Waals surface area contributed by atoms with Gasteiger partial charge >= 0.3 is 0 Å². The number of amides is 2. The van der Waals surface area contributed by atoms with Crippen molar-refractivity contribution in [2.24, 2.45) is 0 Å². The van der Waals surface area contributed by atoms with Crippen molar-refractivity contribution in [2.75, 3.05) is 22.9 Å². The van der Waals surface area contributed by atoms with Gasteiger partial charge in [-0.25, -0.2) is 13.1 Å². The van der Waals surface area contributed by atoms with Crippen LogP contribution in [0.2, 0.25) is 0 Å². The quantitative estimate of drug-likeness (QED) is 0.717. The molecule has 8 heteroatoms. The van der Waals surface area contributed by atoms with Gasteiger partial charge in [0.05, 0.1) is 10.6 Å². The van der Waals surface area contributed by atoms with Crippen molar-refractivity contribution in [3.8, 4) is 0 Å². The number of nitrogens with one attached hydrogen (secondary N) is 1. The Bertz CT molecular complexity index is 1010. The van der Waals surface area contributed by atoms with Crippen molar-refractivity contribution in [3.05, 3.63) is 54.1 Å². The summed E-state index contributed by atoms with van der Waals surface area (Å²) < 4.78 is 27.8. The zero-order valence-corrected chi connectivity index (χ0v) is 17.5. The van der Waals surface area contributed by atoms with Crippen molar-refractivity contribution >= 4 is 33.2 Å². The molecule has 2 aliphatic heterocycles. The van der Waals surface area contributed by atoms with E-state index in [4.69, 9.17) is 0 Å². The van der Waals surface area contributed by atoms with Crippen molar-refractivity contribution in [3.63, 3.8) is 0 Å². The van der Waals surface area contributed by atoms with Crippen LogP contribution in [0.25, 0.3) is 0 Å². The van der Waals surface area contributed by atoms with Gasteiger partial charge in [0.2, 0.25) is 21.8 Å². The summed E-state index contributed by atoms with van der Waals surface area (Å²) in [7, 11) is -3.71. The fourth-order valence-electron chi connectivity index (χ4n) is 3.88. The third-order valence-electron chi connectivity index (χ3n) is 5.58.